The molecule has 0 radical (unpaired) electrons. The second-order valence-corrected chi connectivity index (χ2v) is 4.61. The number of rotatable bonds is 4. The summed E-state index contributed by atoms with van der Waals surface area (Å²) in [5.41, 5.74) is 1.76. The van der Waals surface area contributed by atoms with Gasteiger partial charge in [-0.25, -0.2) is 4.79 Å². The van der Waals surface area contributed by atoms with E-state index in [1.807, 2.05) is 24.3 Å². The molecule has 1 heterocycles. The van der Waals surface area contributed by atoms with Gasteiger partial charge in [0.15, 0.2) is 5.78 Å². The van der Waals surface area contributed by atoms with Crippen molar-refractivity contribution >= 4 is 22.7 Å². The maximum Gasteiger partial charge on any atom is 0.334 e. The zero-order valence-electron chi connectivity index (χ0n) is 12.3. The van der Waals surface area contributed by atoms with Crippen molar-refractivity contribution in [3.05, 3.63) is 59.3 Å². The summed E-state index contributed by atoms with van der Waals surface area (Å²) in [4.78, 5) is 27.5. The molecular weight excluding hydrogens is 278 g/mol. The van der Waals surface area contributed by atoms with Crippen LogP contribution in [0.4, 0.5) is 0 Å². The van der Waals surface area contributed by atoms with E-state index in [2.05, 4.69) is 15.6 Å². The molecule has 0 fully saturated rings. The first-order valence-electron chi connectivity index (χ1n) is 6.62. The number of hydrogen-bond acceptors (Lipinski definition) is 3. The van der Waals surface area contributed by atoms with Crippen LogP contribution in [0.2, 0.25) is 0 Å². The van der Waals surface area contributed by atoms with Crippen LogP contribution in [0.1, 0.15) is 17.3 Å². The molecule has 22 heavy (non-hydrogen) atoms. The minimum Gasteiger partial charge on any atom is -0.466 e. The topological polar surface area (TPSA) is 59.2 Å². The van der Waals surface area contributed by atoms with Gasteiger partial charge in [-0.2, -0.15) is 0 Å². The van der Waals surface area contributed by atoms with Crippen molar-refractivity contribution in [3.63, 3.8) is 0 Å². The number of aromatic amines is 1. The third-order valence-electron chi connectivity index (χ3n) is 3.32. The van der Waals surface area contributed by atoms with Gasteiger partial charge >= 0.3 is 5.97 Å². The van der Waals surface area contributed by atoms with Crippen LogP contribution in [0.25, 0.3) is 10.9 Å². The van der Waals surface area contributed by atoms with Gasteiger partial charge in [-0.05, 0) is 25.1 Å². The fourth-order valence-corrected chi connectivity index (χ4v) is 2.17. The maximum atomic E-state index is 12.8. The molecule has 4 nitrogen and oxygen atoms in total. The number of nitrogens with one attached hydrogen (secondary N) is 1. The standard InChI is InChI=1S/C18H15NO3/c1-4-5-8-13(12(2)18(21)22-3)17(20)15-11-19-16-10-7-6-9-14(15)16/h1,5-11,19H,2-3H3/b8-5-,13-12-. The van der Waals surface area contributed by atoms with Crippen LogP contribution in [-0.4, -0.2) is 23.8 Å². The van der Waals surface area contributed by atoms with Gasteiger partial charge in [-0.1, -0.05) is 24.1 Å². The molecule has 0 saturated heterocycles. The zero-order valence-corrected chi connectivity index (χ0v) is 12.3. The lowest BCUT2D eigenvalue weighted by atomic mass is 9.98. The van der Waals surface area contributed by atoms with Crippen LogP contribution in [0, 0.1) is 12.3 Å². The molecule has 0 spiro atoms. The molecule has 0 saturated carbocycles. The molecule has 2 rings (SSSR count). The van der Waals surface area contributed by atoms with Crippen LogP contribution < -0.4 is 0 Å². The number of para-hydroxylation sites is 1. The van der Waals surface area contributed by atoms with Gasteiger partial charge in [0.25, 0.3) is 0 Å². The van der Waals surface area contributed by atoms with E-state index in [0.717, 1.165) is 10.9 Å². The predicted octanol–water partition coefficient (Wildman–Crippen LogP) is 3.03. The van der Waals surface area contributed by atoms with Gasteiger partial charge in [0.05, 0.1) is 7.11 Å². The molecule has 0 bridgehead atoms. The summed E-state index contributed by atoms with van der Waals surface area (Å²) < 4.78 is 4.69. The van der Waals surface area contributed by atoms with Gasteiger partial charge in [-0.3, -0.25) is 4.79 Å². The summed E-state index contributed by atoms with van der Waals surface area (Å²) >= 11 is 0. The van der Waals surface area contributed by atoms with Crippen molar-refractivity contribution in [2.45, 2.75) is 6.92 Å². The van der Waals surface area contributed by atoms with Gasteiger partial charge < -0.3 is 9.72 Å². The Bertz CT molecular complexity index is 831. The Labute approximate surface area is 128 Å². The first-order chi connectivity index (χ1) is 10.6. The van der Waals surface area contributed by atoms with Gasteiger partial charge in [0.2, 0.25) is 0 Å². The number of fused-ring (bicyclic) bond motifs is 1. The molecule has 0 atom stereocenters. The van der Waals surface area contributed by atoms with Gasteiger partial charge in [0, 0.05) is 33.8 Å². The van der Waals surface area contributed by atoms with Gasteiger partial charge in [-0.15, -0.1) is 6.42 Å². The predicted molar refractivity (Wildman–Crippen MR) is 85.3 cm³/mol. The zero-order chi connectivity index (χ0) is 16.1. The van der Waals surface area contributed by atoms with Gasteiger partial charge in [0.1, 0.15) is 0 Å². The summed E-state index contributed by atoms with van der Waals surface area (Å²) in [6.45, 7) is 1.54. The van der Waals surface area contributed by atoms with Crippen LogP contribution in [0.3, 0.4) is 0 Å². The summed E-state index contributed by atoms with van der Waals surface area (Å²) in [7, 11) is 1.27. The Balaban J connectivity index is 2.58. The second kappa shape index (κ2) is 6.59. The number of ether oxygens (including phenoxy) is 1. The first-order valence-corrected chi connectivity index (χ1v) is 6.62. The van der Waals surface area contributed by atoms with E-state index in [0.29, 0.717) is 5.56 Å². The molecule has 0 unspecified atom stereocenters. The van der Waals surface area contributed by atoms with Crippen molar-refractivity contribution in [3.8, 4) is 12.3 Å². The Morgan fingerprint density at radius 2 is 2.05 bits per heavy atom. The number of ketones is 1. The first kappa shape index (κ1) is 15.3. The molecular formula is C18H15NO3. The monoisotopic (exact) mass is 293 g/mol. The van der Waals surface area contributed by atoms with Crippen molar-refractivity contribution in [1.82, 2.24) is 4.98 Å². The highest BCUT2D eigenvalue weighted by molar-refractivity contribution is 6.19. The molecule has 0 aliphatic rings. The number of benzene rings is 1. The Morgan fingerprint density at radius 3 is 2.73 bits per heavy atom. The average Bonchev–Trinajstić information content (AvgIpc) is 2.98. The summed E-state index contributed by atoms with van der Waals surface area (Å²) in [6.07, 6.45) is 9.67. The lowest BCUT2D eigenvalue weighted by molar-refractivity contribution is -0.136. The Morgan fingerprint density at radius 1 is 1.32 bits per heavy atom. The number of methoxy groups -OCH3 is 1. The van der Waals surface area contributed by atoms with E-state index in [4.69, 9.17) is 6.42 Å². The summed E-state index contributed by atoms with van der Waals surface area (Å²) in [5.74, 6) is 1.47. The van der Waals surface area contributed by atoms with Crippen molar-refractivity contribution < 1.29 is 14.3 Å². The molecule has 2 aromatic rings. The lowest BCUT2D eigenvalue weighted by Crippen LogP contribution is -2.10. The van der Waals surface area contributed by atoms with E-state index in [-0.39, 0.29) is 16.9 Å². The largest absolute Gasteiger partial charge is 0.466 e. The average molecular weight is 293 g/mol. The number of terminal acetylenes is 1. The molecule has 1 N–H and O–H groups in total. The SMILES string of the molecule is C#C/C=C\C(C(=O)c1c[nH]c2ccccc12)=C(/C)C(=O)OC. The third-order valence-corrected chi connectivity index (χ3v) is 3.32. The molecule has 1 aromatic heterocycles. The van der Waals surface area contributed by atoms with E-state index < -0.39 is 5.97 Å². The van der Waals surface area contributed by atoms with Crippen LogP contribution >= 0.6 is 0 Å². The van der Waals surface area contributed by atoms with Crippen molar-refractivity contribution in [2.24, 2.45) is 0 Å². The highest BCUT2D eigenvalue weighted by Crippen LogP contribution is 2.23. The number of H-pyrrole nitrogens is 1. The third kappa shape index (κ3) is 2.84. The fourth-order valence-electron chi connectivity index (χ4n) is 2.17. The van der Waals surface area contributed by atoms with Crippen LogP contribution in [0.5, 0.6) is 0 Å². The highest BCUT2D eigenvalue weighted by atomic mass is 16.5. The fraction of sp³-hybridized carbons (Fsp3) is 0.111. The van der Waals surface area contributed by atoms with Crippen LogP contribution in [0.15, 0.2) is 53.8 Å². The Kier molecular flexibility index (Phi) is 4.60. The number of hydrogen-bond donors (Lipinski definition) is 1. The number of aromatic nitrogens is 1. The lowest BCUT2D eigenvalue weighted by Gasteiger charge is -2.06. The molecule has 1 aromatic carbocycles. The molecule has 0 aliphatic heterocycles. The van der Waals surface area contributed by atoms with E-state index in [9.17, 15) is 9.59 Å². The van der Waals surface area contributed by atoms with E-state index in [1.165, 1.54) is 26.2 Å². The second-order valence-electron chi connectivity index (χ2n) is 4.61. The number of Topliss-reactive ketones (excluding diaryl/α,β-unsaturated/α-hetero) is 1. The Hall–Kier alpha value is -3.06. The van der Waals surface area contributed by atoms with Crippen molar-refractivity contribution in [1.29, 1.82) is 0 Å². The molecule has 4 heteroatoms. The normalized spacial score (nSPS) is 12.0. The van der Waals surface area contributed by atoms with Crippen LogP contribution in [-0.2, 0) is 9.53 Å². The van der Waals surface area contributed by atoms with E-state index in [1.54, 1.807) is 6.20 Å². The summed E-state index contributed by atoms with van der Waals surface area (Å²) in [5, 5.41) is 0.789. The minimum absolute atomic E-state index is 0.212. The van der Waals surface area contributed by atoms with E-state index >= 15 is 0 Å². The number of carbonyl (C=O) groups excluding carboxylic acids is 2. The quantitative estimate of drug-likeness (QED) is 0.310. The highest BCUT2D eigenvalue weighted by Gasteiger charge is 2.20. The van der Waals surface area contributed by atoms with Crippen molar-refractivity contribution in [2.75, 3.05) is 7.11 Å². The molecule has 0 amide bonds. The minimum atomic E-state index is -0.565. The summed E-state index contributed by atoms with van der Waals surface area (Å²) in [6, 6.07) is 7.44. The smallest absolute Gasteiger partial charge is 0.334 e. The maximum absolute atomic E-state index is 12.8. The number of allylic oxidation sites excluding steroid dienone is 3. The number of esters is 1. The number of carbonyl (C=O) groups is 2. The molecule has 110 valence electrons. The molecule has 0 aliphatic carbocycles.